The van der Waals surface area contributed by atoms with Gasteiger partial charge in [-0.3, -0.25) is 14.0 Å². The first-order valence-corrected chi connectivity index (χ1v) is 10.4. The molecule has 0 spiro atoms. The summed E-state index contributed by atoms with van der Waals surface area (Å²) in [4.78, 5) is 31.0. The first kappa shape index (κ1) is 18.2. The van der Waals surface area contributed by atoms with Gasteiger partial charge in [-0.05, 0) is 17.7 Å². The third kappa shape index (κ3) is 4.71. The maximum absolute atomic E-state index is 12.3. The zero-order valence-corrected chi connectivity index (χ0v) is 16.7. The van der Waals surface area contributed by atoms with Gasteiger partial charge in [-0.25, -0.2) is 4.98 Å². The van der Waals surface area contributed by atoms with Crippen molar-refractivity contribution >= 4 is 49.9 Å². The molecule has 2 aromatic heterocycles. The molecular formula is C17H16BrN3O2S2. The quantitative estimate of drug-likeness (QED) is 0.592. The molecule has 8 heteroatoms. The summed E-state index contributed by atoms with van der Waals surface area (Å²) in [5.41, 5.74) is 1.71. The summed E-state index contributed by atoms with van der Waals surface area (Å²) in [5.74, 6) is 0.960. The molecule has 0 saturated carbocycles. The number of hydrogen-bond donors (Lipinski definition) is 0. The van der Waals surface area contributed by atoms with Gasteiger partial charge >= 0.3 is 0 Å². The fourth-order valence-corrected chi connectivity index (χ4v) is 4.12. The number of carbonyl (C=O) groups excluding carboxylic acids is 1. The van der Waals surface area contributed by atoms with Gasteiger partial charge in [0.25, 0.3) is 5.56 Å². The lowest BCUT2D eigenvalue weighted by molar-refractivity contribution is -0.127. The van der Waals surface area contributed by atoms with Crippen LogP contribution in [0.5, 0.6) is 0 Å². The standard InChI is InChI=1S/C17H16BrN3O2S2/c1-20(9-12-2-4-13(18)5-3-12)16(23)11-24-10-14-8-15(22)21-6-7-25-17(21)19-14/h2-8H,9-11H2,1H3. The summed E-state index contributed by atoms with van der Waals surface area (Å²) in [6, 6.07) is 9.45. The Labute approximate surface area is 161 Å². The monoisotopic (exact) mass is 437 g/mol. The first-order valence-electron chi connectivity index (χ1n) is 7.55. The van der Waals surface area contributed by atoms with Crippen molar-refractivity contribution in [2.45, 2.75) is 12.3 Å². The molecule has 0 aliphatic rings. The van der Waals surface area contributed by atoms with Crippen molar-refractivity contribution in [2.24, 2.45) is 0 Å². The first-order chi connectivity index (χ1) is 12.0. The molecule has 3 rings (SSSR count). The van der Waals surface area contributed by atoms with Gasteiger partial charge < -0.3 is 4.90 Å². The Balaban J connectivity index is 1.52. The van der Waals surface area contributed by atoms with E-state index >= 15 is 0 Å². The molecule has 130 valence electrons. The van der Waals surface area contributed by atoms with Crippen molar-refractivity contribution in [3.63, 3.8) is 0 Å². The van der Waals surface area contributed by atoms with Crippen LogP contribution in [0.2, 0.25) is 0 Å². The van der Waals surface area contributed by atoms with Crippen molar-refractivity contribution in [2.75, 3.05) is 12.8 Å². The van der Waals surface area contributed by atoms with Gasteiger partial charge in [-0.1, -0.05) is 28.1 Å². The summed E-state index contributed by atoms with van der Waals surface area (Å²) < 4.78 is 2.54. The van der Waals surface area contributed by atoms with Gasteiger partial charge in [-0.15, -0.1) is 23.1 Å². The number of thioether (sulfide) groups is 1. The highest BCUT2D eigenvalue weighted by Crippen LogP contribution is 2.15. The van der Waals surface area contributed by atoms with Crippen molar-refractivity contribution in [1.29, 1.82) is 0 Å². The van der Waals surface area contributed by atoms with Crippen LogP contribution < -0.4 is 5.56 Å². The molecular weight excluding hydrogens is 422 g/mol. The normalized spacial score (nSPS) is 11.0. The minimum Gasteiger partial charge on any atom is -0.341 e. The fraction of sp³-hybridized carbons (Fsp3) is 0.235. The lowest BCUT2D eigenvalue weighted by atomic mass is 10.2. The largest absolute Gasteiger partial charge is 0.341 e. The maximum atomic E-state index is 12.3. The van der Waals surface area contributed by atoms with Crippen LogP contribution in [0.3, 0.4) is 0 Å². The second kappa shape index (κ2) is 8.16. The smallest absolute Gasteiger partial charge is 0.258 e. The van der Waals surface area contributed by atoms with E-state index in [1.54, 1.807) is 18.1 Å². The Kier molecular flexibility index (Phi) is 5.93. The van der Waals surface area contributed by atoms with Crippen LogP contribution in [-0.4, -0.2) is 33.0 Å². The third-order valence-corrected chi connectivity index (χ3v) is 5.83. The molecule has 25 heavy (non-hydrogen) atoms. The Hall–Kier alpha value is -1.64. The highest BCUT2D eigenvalue weighted by molar-refractivity contribution is 9.10. The Morgan fingerprint density at radius 2 is 2.12 bits per heavy atom. The Bertz CT molecular complexity index is 937. The molecule has 1 aromatic carbocycles. The summed E-state index contributed by atoms with van der Waals surface area (Å²) in [6.07, 6.45) is 1.72. The zero-order chi connectivity index (χ0) is 17.8. The van der Waals surface area contributed by atoms with E-state index in [9.17, 15) is 9.59 Å². The van der Waals surface area contributed by atoms with Gasteiger partial charge in [0.2, 0.25) is 5.91 Å². The highest BCUT2D eigenvalue weighted by Gasteiger charge is 2.10. The molecule has 2 heterocycles. The average Bonchev–Trinajstić information content (AvgIpc) is 3.06. The molecule has 0 N–H and O–H groups in total. The van der Waals surface area contributed by atoms with E-state index in [1.807, 2.05) is 29.6 Å². The number of hydrogen-bond acceptors (Lipinski definition) is 5. The van der Waals surface area contributed by atoms with Gasteiger partial charge in [0, 0.05) is 41.5 Å². The predicted molar refractivity (Wildman–Crippen MR) is 106 cm³/mol. The van der Waals surface area contributed by atoms with E-state index in [2.05, 4.69) is 20.9 Å². The van der Waals surface area contributed by atoms with Gasteiger partial charge in [0.05, 0.1) is 11.4 Å². The second-order valence-electron chi connectivity index (χ2n) is 5.51. The van der Waals surface area contributed by atoms with Crippen molar-refractivity contribution in [3.05, 3.63) is 68.0 Å². The van der Waals surface area contributed by atoms with Crippen molar-refractivity contribution in [1.82, 2.24) is 14.3 Å². The van der Waals surface area contributed by atoms with Crippen LogP contribution in [0.25, 0.3) is 4.96 Å². The van der Waals surface area contributed by atoms with E-state index in [1.165, 1.54) is 33.6 Å². The number of fused-ring (bicyclic) bond motifs is 1. The second-order valence-corrected chi connectivity index (χ2v) is 8.28. The van der Waals surface area contributed by atoms with Crippen LogP contribution in [0.15, 0.2) is 51.2 Å². The number of amides is 1. The zero-order valence-electron chi connectivity index (χ0n) is 13.5. The summed E-state index contributed by atoms with van der Waals surface area (Å²) in [7, 11) is 1.80. The number of rotatable bonds is 6. The summed E-state index contributed by atoms with van der Waals surface area (Å²) in [6.45, 7) is 0.577. The molecule has 0 aliphatic heterocycles. The molecule has 0 bridgehead atoms. The number of carbonyl (C=O) groups is 1. The van der Waals surface area contributed by atoms with E-state index in [-0.39, 0.29) is 11.5 Å². The summed E-state index contributed by atoms with van der Waals surface area (Å²) >= 11 is 6.30. The molecule has 0 unspecified atom stereocenters. The topological polar surface area (TPSA) is 54.7 Å². The molecule has 0 saturated heterocycles. The lowest BCUT2D eigenvalue weighted by Crippen LogP contribution is -2.27. The van der Waals surface area contributed by atoms with Gasteiger partial charge in [0.1, 0.15) is 0 Å². The third-order valence-electron chi connectivity index (χ3n) is 3.59. The number of benzene rings is 1. The molecule has 0 aliphatic carbocycles. The van der Waals surface area contributed by atoms with Gasteiger partial charge in [-0.2, -0.15) is 0 Å². The van der Waals surface area contributed by atoms with Crippen molar-refractivity contribution in [3.8, 4) is 0 Å². The maximum Gasteiger partial charge on any atom is 0.258 e. The lowest BCUT2D eigenvalue weighted by Gasteiger charge is -2.17. The summed E-state index contributed by atoms with van der Waals surface area (Å²) in [5, 5.41) is 1.83. The highest BCUT2D eigenvalue weighted by atomic mass is 79.9. The van der Waals surface area contributed by atoms with E-state index < -0.39 is 0 Å². The number of thiazole rings is 1. The van der Waals surface area contributed by atoms with Crippen LogP contribution in [0, 0.1) is 0 Å². The Morgan fingerprint density at radius 1 is 1.36 bits per heavy atom. The van der Waals surface area contributed by atoms with E-state index in [0.717, 1.165) is 10.0 Å². The number of halogens is 1. The van der Waals surface area contributed by atoms with E-state index in [0.29, 0.717) is 28.7 Å². The Morgan fingerprint density at radius 3 is 2.88 bits per heavy atom. The fourth-order valence-electron chi connectivity index (χ4n) is 2.27. The molecule has 5 nitrogen and oxygen atoms in total. The van der Waals surface area contributed by atoms with Gasteiger partial charge in [0.15, 0.2) is 4.96 Å². The molecule has 3 aromatic rings. The number of aromatic nitrogens is 2. The van der Waals surface area contributed by atoms with Crippen molar-refractivity contribution < 1.29 is 4.79 Å². The van der Waals surface area contributed by atoms with E-state index in [4.69, 9.17) is 0 Å². The van der Waals surface area contributed by atoms with Crippen LogP contribution in [-0.2, 0) is 17.1 Å². The van der Waals surface area contributed by atoms with Crippen LogP contribution in [0.1, 0.15) is 11.3 Å². The average molecular weight is 438 g/mol. The molecule has 0 atom stereocenters. The van der Waals surface area contributed by atoms with Crippen LogP contribution >= 0.6 is 39.0 Å². The minimum atomic E-state index is -0.0828. The minimum absolute atomic E-state index is 0.0573. The predicted octanol–water partition coefficient (Wildman–Crippen LogP) is 3.41. The molecule has 1 amide bonds. The molecule has 0 radical (unpaired) electrons. The SMILES string of the molecule is CN(Cc1ccc(Br)cc1)C(=O)CSCc1cc(=O)n2ccsc2n1. The van der Waals surface area contributed by atoms with Crippen LogP contribution in [0.4, 0.5) is 0 Å². The number of nitrogens with zero attached hydrogens (tertiary/aromatic N) is 3. The molecule has 0 fully saturated rings.